The molecule has 6 heteroatoms. The number of pyridine rings is 1. The van der Waals surface area contributed by atoms with Gasteiger partial charge in [0.05, 0.1) is 23.8 Å². The Hall–Kier alpha value is -4.19. The predicted octanol–water partition coefficient (Wildman–Crippen LogP) is 5.16. The number of amides is 1. The summed E-state index contributed by atoms with van der Waals surface area (Å²) in [6.07, 6.45) is 5.12. The molecule has 0 bridgehead atoms. The van der Waals surface area contributed by atoms with Gasteiger partial charge in [0.2, 0.25) is 0 Å². The van der Waals surface area contributed by atoms with E-state index in [9.17, 15) is 4.79 Å². The molecule has 0 aliphatic carbocycles. The van der Waals surface area contributed by atoms with Gasteiger partial charge in [0.1, 0.15) is 11.6 Å². The summed E-state index contributed by atoms with van der Waals surface area (Å²) in [6.45, 7) is 2.78. The van der Waals surface area contributed by atoms with Crippen molar-refractivity contribution in [1.82, 2.24) is 19.4 Å². The first-order valence-electron chi connectivity index (χ1n) is 10.4. The molecule has 0 saturated heterocycles. The van der Waals surface area contributed by atoms with Crippen molar-refractivity contribution in [2.75, 3.05) is 0 Å². The zero-order valence-electron chi connectivity index (χ0n) is 17.7. The number of para-hydroxylation sites is 1. The van der Waals surface area contributed by atoms with E-state index >= 15 is 0 Å². The van der Waals surface area contributed by atoms with Crippen LogP contribution in [0.2, 0.25) is 0 Å². The fourth-order valence-electron chi connectivity index (χ4n) is 3.92. The third-order valence-electron chi connectivity index (χ3n) is 5.39. The Morgan fingerprint density at radius 1 is 1.00 bits per heavy atom. The molecule has 0 N–H and O–H groups in total. The maximum atomic E-state index is 13.5. The van der Waals surface area contributed by atoms with Crippen molar-refractivity contribution < 1.29 is 9.21 Å². The van der Waals surface area contributed by atoms with Gasteiger partial charge in [-0.05, 0) is 61.0 Å². The molecule has 0 fully saturated rings. The molecule has 0 aliphatic heterocycles. The summed E-state index contributed by atoms with van der Waals surface area (Å²) in [5, 5.41) is 0. The fourth-order valence-corrected chi connectivity index (χ4v) is 3.92. The van der Waals surface area contributed by atoms with Crippen molar-refractivity contribution in [3.05, 3.63) is 114 Å². The van der Waals surface area contributed by atoms with Crippen LogP contribution in [-0.2, 0) is 13.1 Å². The van der Waals surface area contributed by atoms with Gasteiger partial charge in [0.15, 0.2) is 0 Å². The first-order chi connectivity index (χ1) is 15.7. The van der Waals surface area contributed by atoms with Gasteiger partial charge in [0.25, 0.3) is 5.91 Å². The largest absolute Gasteiger partial charge is 0.467 e. The molecule has 0 radical (unpaired) electrons. The monoisotopic (exact) mass is 422 g/mol. The quantitative estimate of drug-likeness (QED) is 0.379. The third-order valence-corrected chi connectivity index (χ3v) is 5.39. The minimum absolute atomic E-state index is 0.0842. The molecule has 158 valence electrons. The van der Waals surface area contributed by atoms with Crippen molar-refractivity contribution in [1.29, 1.82) is 0 Å². The average molecular weight is 422 g/mol. The summed E-state index contributed by atoms with van der Waals surface area (Å²) in [5.41, 5.74) is 4.34. The lowest BCUT2D eigenvalue weighted by molar-refractivity contribution is 0.0717. The van der Waals surface area contributed by atoms with E-state index < -0.39 is 0 Å². The molecule has 1 amide bonds. The minimum Gasteiger partial charge on any atom is -0.467 e. The van der Waals surface area contributed by atoms with Crippen molar-refractivity contribution in [3.8, 4) is 5.69 Å². The fraction of sp³-hybridized carbons (Fsp3) is 0.115. The van der Waals surface area contributed by atoms with Gasteiger partial charge in [-0.15, -0.1) is 0 Å². The lowest BCUT2D eigenvalue weighted by Gasteiger charge is -2.22. The molecule has 0 spiro atoms. The first-order valence-corrected chi connectivity index (χ1v) is 10.4. The molecule has 0 atom stereocenters. The Morgan fingerprint density at radius 3 is 2.62 bits per heavy atom. The van der Waals surface area contributed by atoms with Gasteiger partial charge in [-0.3, -0.25) is 14.3 Å². The number of nitrogens with zero attached hydrogens (tertiary/aromatic N) is 4. The summed E-state index contributed by atoms with van der Waals surface area (Å²) in [5.74, 6) is 1.52. The topological polar surface area (TPSA) is 64.2 Å². The molecule has 0 saturated carbocycles. The van der Waals surface area contributed by atoms with Gasteiger partial charge in [0, 0.05) is 30.2 Å². The number of imidazole rings is 1. The average Bonchev–Trinajstić information content (AvgIpc) is 3.45. The Balaban J connectivity index is 1.49. The summed E-state index contributed by atoms with van der Waals surface area (Å²) >= 11 is 0. The van der Waals surface area contributed by atoms with E-state index in [4.69, 9.17) is 9.40 Å². The van der Waals surface area contributed by atoms with E-state index in [0.717, 1.165) is 33.9 Å². The number of aryl methyl sites for hydroxylation is 1. The van der Waals surface area contributed by atoms with Crippen LogP contribution in [0.4, 0.5) is 0 Å². The van der Waals surface area contributed by atoms with Gasteiger partial charge in [-0.1, -0.05) is 24.3 Å². The Morgan fingerprint density at radius 2 is 1.88 bits per heavy atom. The second-order valence-electron chi connectivity index (χ2n) is 7.64. The maximum Gasteiger partial charge on any atom is 0.254 e. The molecule has 32 heavy (non-hydrogen) atoms. The van der Waals surface area contributed by atoms with Crippen LogP contribution in [-0.4, -0.2) is 25.3 Å². The van der Waals surface area contributed by atoms with Gasteiger partial charge in [-0.25, -0.2) is 4.98 Å². The lowest BCUT2D eigenvalue weighted by atomic mass is 10.1. The molecule has 2 aromatic carbocycles. The molecule has 0 unspecified atom stereocenters. The standard InChI is InChI=1S/C26H22N4O2/c1-19-28-24-15-21(11-12-25(24)30(19)22-8-3-2-4-9-22)26(31)29(18-23-10-6-14-32-23)17-20-7-5-13-27-16-20/h2-16H,17-18H2,1H3. The Bertz CT molecular complexity index is 1340. The van der Waals surface area contributed by atoms with E-state index in [2.05, 4.69) is 9.55 Å². The molecule has 6 nitrogen and oxygen atoms in total. The number of carbonyl (C=O) groups is 1. The Labute approximate surface area is 185 Å². The van der Waals surface area contributed by atoms with Crippen LogP contribution in [0.5, 0.6) is 0 Å². The van der Waals surface area contributed by atoms with E-state index in [1.807, 2.05) is 79.7 Å². The summed E-state index contributed by atoms with van der Waals surface area (Å²) in [4.78, 5) is 24.2. The summed E-state index contributed by atoms with van der Waals surface area (Å²) < 4.78 is 7.60. The second kappa shape index (κ2) is 8.51. The zero-order valence-corrected chi connectivity index (χ0v) is 17.7. The molecule has 3 aromatic heterocycles. The highest BCUT2D eigenvalue weighted by atomic mass is 16.3. The molecule has 3 heterocycles. The predicted molar refractivity (Wildman–Crippen MR) is 122 cm³/mol. The molecule has 5 aromatic rings. The number of furan rings is 1. The minimum atomic E-state index is -0.0842. The molecule has 0 aliphatic rings. The number of fused-ring (bicyclic) bond motifs is 1. The normalized spacial score (nSPS) is 11.0. The van der Waals surface area contributed by atoms with Crippen LogP contribution in [0.1, 0.15) is 27.5 Å². The number of benzene rings is 2. The highest BCUT2D eigenvalue weighted by Crippen LogP contribution is 2.23. The van der Waals surface area contributed by atoms with Gasteiger partial charge >= 0.3 is 0 Å². The van der Waals surface area contributed by atoms with Crippen LogP contribution in [0, 0.1) is 6.92 Å². The van der Waals surface area contributed by atoms with Crippen molar-refractivity contribution in [2.24, 2.45) is 0 Å². The van der Waals surface area contributed by atoms with E-state index in [1.54, 1.807) is 23.6 Å². The maximum absolute atomic E-state index is 13.5. The van der Waals surface area contributed by atoms with E-state index in [1.165, 1.54) is 0 Å². The number of rotatable bonds is 6. The highest BCUT2D eigenvalue weighted by molar-refractivity contribution is 5.97. The number of aromatic nitrogens is 3. The lowest BCUT2D eigenvalue weighted by Crippen LogP contribution is -2.30. The molecular weight excluding hydrogens is 400 g/mol. The number of hydrogen-bond donors (Lipinski definition) is 0. The van der Waals surface area contributed by atoms with Crippen molar-refractivity contribution >= 4 is 16.9 Å². The van der Waals surface area contributed by atoms with Crippen molar-refractivity contribution in [3.63, 3.8) is 0 Å². The number of carbonyl (C=O) groups excluding carboxylic acids is 1. The molecular formula is C26H22N4O2. The number of hydrogen-bond acceptors (Lipinski definition) is 4. The first kappa shape index (κ1) is 19.8. The summed E-state index contributed by atoms with van der Waals surface area (Å²) in [7, 11) is 0. The van der Waals surface area contributed by atoms with Crippen LogP contribution >= 0.6 is 0 Å². The highest BCUT2D eigenvalue weighted by Gasteiger charge is 2.20. The van der Waals surface area contributed by atoms with Gasteiger partial charge in [-0.2, -0.15) is 0 Å². The van der Waals surface area contributed by atoms with Crippen LogP contribution in [0.3, 0.4) is 0 Å². The second-order valence-corrected chi connectivity index (χ2v) is 7.64. The van der Waals surface area contributed by atoms with Crippen molar-refractivity contribution in [2.45, 2.75) is 20.0 Å². The van der Waals surface area contributed by atoms with Crippen LogP contribution in [0.15, 0.2) is 95.9 Å². The zero-order chi connectivity index (χ0) is 21.9. The molecule has 5 rings (SSSR count). The Kier molecular flexibility index (Phi) is 5.25. The van der Waals surface area contributed by atoms with Crippen LogP contribution in [0.25, 0.3) is 16.7 Å². The smallest absolute Gasteiger partial charge is 0.254 e. The summed E-state index contributed by atoms with van der Waals surface area (Å²) in [6, 6.07) is 23.3. The SMILES string of the molecule is Cc1nc2cc(C(=O)N(Cc3cccnc3)Cc3ccco3)ccc2n1-c1ccccc1. The third kappa shape index (κ3) is 3.90. The van der Waals surface area contributed by atoms with Crippen LogP contribution < -0.4 is 0 Å². The van der Waals surface area contributed by atoms with E-state index in [-0.39, 0.29) is 5.91 Å². The van der Waals surface area contributed by atoms with Gasteiger partial charge < -0.3 is 9.32 Å². The van der Waals surface area contributed by atoms with E-state index in [0.29, 0.717) is 18.7 Å².